The maximum Gasteiger partial charge on any atom is 0.231 e. The lowest BCUT2D eigenvalue weighted by Crippen LogP contribution is -2.33. The van der Waals surface area contributed by atoms with E-state index in [0.29, 0.717) is 6.54 Å². The molecule has 3 nitrogen and oxygen atoms in total. The third-order valence-electron chi connectivity index (χ3n) is 3.12. The van der Waals surface area contributed by atoms with Gasteiger partial charge in [-0.1, -0.05) is 12.2 Å². The largest absolute Gasteiger partial charge is 0.369 e. The number of amides is 1. The molecule has 1 amide bonds. The molecule has 13 heavy (non-hydrogen) atoms. The fraction of sp³-hybridized carbons (Fsp3) is 0.700. The minimum Gasteiger partial charge on any atom is -0.369 e. The molecule has 1 fully saturated rings. The summed E-state index contributed by atoms with van der Waals surface area (Å²) in [5.74, 6) is 2.03. The number of fused-ring (bicyclic) bond motifs is 2. The summed E-state index contributed by atoms with van der Waals surface area (Å²) in [5, 5.41) is 3.10. The predicted molar refractivity (Wildman–Crippen MR) is 50.9 cm³/mol. The molecule has 3 unspecified atom stereocenters. The van der Waals surface area contributed by atoms with E-state index in [1.165, 1.54) is 12.8 Å². The molecule has 0 aromatic carbocycles. The Hall–Kier alpha value is -0.830. The van der Waals surface area contributed by atoms with Crippen molar-refractivity contribution in [2.45, 2.75) is 12.8 Å². The molecule has 2 bridgehead atoms. The van der Waals surface area contributed by atoms with Crippen LogP contribution in [0.25, 0.3) is 0 Å². The lowest BCUT2D eigenvalue weighted by atomic mass is 9.94. The average Bonchev–Trinajstić information content (AvgIpc) is 2.64. The molecule has 2 aliphatic rings. The molecule has 0 aliphatic heterocycles. The van der Waals surface area contributed by atoms with E-state index in [2.05, 4.69) is 17.5 Å². The third-order valence-corrected chi connectivity index (χ3v) is 3.12. The van der Waals surface area contributed by atoms with Crippen molar-refractivity contribution in [3.05, 3.63) is 12.2 Å². The minimum atomic E-state index is -0.265. The van der Waals surface area contributed by atoms with Crippen LogP contribution in [0.4, 0.5) is 0 Å². The van der Waals surface area contributed by atoms with Crippen LogP contribution in [0.5, 0.6) is 0 Å². The number of hydrogen-bond donors (Lipinski definition) is 2. The Bertz CT molecular complexity index is 237. The van der Waals surface area contributed by atoms with Crippen LogP contribution in [-0.4, -0.2) is 19.0 Å². The van der Waals surface area contributed by atoms with Gasteiger partial charge in [-0.15, -0.1) is 0 Å². The van der Waals surface area contributed by atoms with Gasteiger partial charge in [0.05, 0.1) is 6.54 Å². The number of rotatable bonds is 4. The average molecular weight is 180 g/mol. The van der Waals surface area contributed by atoms with E-state index in [0.717, 1.165) is 24.3 Å². The first-order valence-corrected chi connectivity index (χ1v) is 4.93. The van der Waals surface area contributed by atoms with E-state index in [9.17, 15) is 4.79 Å². The topological polar surface area (TPSA) is 55.1 Å². The van der Waals surface area contributed by atoms with Gasteiger partial charge in [0.2, 0.25) is 5.91 Å². The summed E-state index contributed by atoms with van der Waals surface area (Å²) in [4.78, 5) is 10.5. The second kappa shape index (κ2) is 3.50. The van der Waals surface area contributed by atoms with Crippen LogP contribution in [0.3, 0.4) is 0 Å². The molecular formula is C10H16N2O. The van der Waals surface area contributed by atoms with Gasteiger partial charge < -0.3 is 11.1 Å². The second-order valence-corrected chi connectivity index (χ2v) is 4.14. The van der Waals surface area contributed by atoms with Crippen LogP contribution in [0.1, 0.15) is 12.8 Å². The van der Waals surface area contributed by atoms with Gasteiger partial charge in [-0.05, 0) is 37.1 Å². The molecule has 3 atom stereocenters. The molecule has 1 saturated carbocycles. The van der Waals surface area contributed by atoms with Gasteiger partial charge in [0.25, 0.3) is 0 Å². The van der Waals surface area contributed by atoms with Crippen LogP contribution >= 0.6 is 0 Å². The summed E-state index contributed by atoms with van der Waals surface area (Å²) in [6, 6.07) is 0. The van der Waals surface area contributed by atoms with Crippen molar-refractivity contribution in [3.63, 3.8) is 0 Å². The van der Waals surface area contributed by atoms with Crippen molar-refractivity contribution < 1.29 is 4.79 Å². The zero-order valence-corrected chi connectivity index (χ0v) is 7.70. The van der Waals surface area contributed by atoms with Gasteiger partial charge in [-0.3, -0.25) is 4.79 Å². The standard InChI is InChI=1S/C10H16N2O/c11-10(13)6-12-5-9-4-7-1-2-8(9)3-7/h1-2,7-9,12H,3-6H2,(H2,11,13). The minimum absolute atomic E-state index is 0.265. The summed E-state index contributed by atoms with van der Waals surface area (Å²) in [6.07, 6.45) is 7.26. The molecule has 2 rings (SSSR count). The van der Waals surface area contributed by atoms with E-state index < -0.39 is 0 Å². The number of carbonyl (C=O) groups excluding carboxylic acids is 1. The molecular weight excluding hydrogens is 164 g/mol. The van der Waals surface area contributed by atoms with Gasteiger partial charge in [-0.25, -0.2) is 0 Å². The summed E-state index contributed by atoms with van der Waals surface area (Å²) in [5.41, 5.74) is 5.04. The number of allylic oxidation sites excluding steroid dienone is 2. The fourth-order valence-electron chi connectivity index (χ4n) is 2.51. The number of carbonyl (C=O) groups is 1. The zero-order chi connectivity index (χ0) is 9.26. The molecule has 3 heteroatoms. The Morgan fingerprint density at radius 3 is 2.85 bits per heavy atom. The van der Waals surface area contributed by atoms with Gasteiger partial charge in [0.1, 0.15) is 0 Å². The molecule has 0 radical (unpaired) electrons. The SMILES string of the molecule is NC(=O)CNCC1CC2C=CC1C2. The van der Waals surface area contributed by atoms with E-state index in [4.69, 9.17) is 5.73 Å². The molecule has 0 aromatic heterocycles. The van der Waals surface area contributed by atoms with Crippen LogP contribution in [0.2, 0.25) is 0 Å². The number of nitrogens with one attached hydrogen (secondary N) is 1. The van der Waals surface area contributed by atoms with Crippen LogP contribution in [-0.2, 0) is 4.79 Å². The Labute approximate surface area is 78.4 Å². The zero-order valence-electron chi connectivity index (χ0n) is 7.70. The molecule has 3 N–H and O–H groups in total. The summed E-state index contributed by atoms with van der Waals surface area (Å²) in [7, 11) is 0. The fourth-order valence-corrected chi connectivity index (χ4v) is 2.51. The number of primary amides is 1. The van der Waals surface area contributed by atoms with E-state index in [1.807, 2.05) is 0 Å². The van der Waals surface area contributed by atoms with E-state index in [-0.39, 0.29) is 5.91 Å². The van der Waals surface area contributed by atoms with Crippen molar-refractivity contribution in [2.24, 2.45) is 23.5 Å². The predicted octanol–water partition coefficient (Wildman–Crippen LogP) is 0.273. The molecule has 0 aromatic rings. The molecule has 0 saturated heterocycles. The lowest BCUT2D eigenvalue weighted by molar-refractivity contribution is -0.117. The first-order valence-electron chi connectivity index (χ1n) is 4.93. The highest BCUT2D eigenvalue weighted by Gasteiger charge is 2.34. The molecule has 0 spiro atoms. The third kappa shape index (κ3) is 1.91. The molecule has 72 valence electrons. The van der Waals surface area contributed by atoms with E-state index in [1.54, 1.807) is 0 Å². The van der Waals surface area contributed by atoms with Crippen LogP contribution in [0, 0.1) is 17.8 Å². The Kier molecular flexibility index (Phi) is 2.36. The highest BCUT2D eigenvalue weighted by atomic mass is 16.1. The van der Waals surface area contributed by atoms with Crippen molar-refractivity contribution in [2.75, 3.05) is 13.1 Å². The van der Waals surface area contributed by atoms with E-state index >= 15 is 0 Å². The highest BCUT2D eigenvalue weighted by molar-refractivity contribution is 5.75. The van der Waals surface area contributed by atoms with Gasteiger partial charge in [-0.2, -0.15) is 0 Å². The van der Waals surface area contributed by atoms with Crippen molar-refractivity contribution in [3.8, 4) is 0 Å². The van der Waals surface area contributed by atoms with Crippen molar-refractivity contribution in [1.29, 1.82) is 0 Å². The smallest absolute Gasteiger partial charge is 0.231 e. The lowest BCUT2D eigenvalue weighted by Gasteiger charge is -2.17. The maximum absolute atomic E-state index is 10.5. The summed E-state index contributed by atoms with van der Waals surface area (Å²) < 4.78 is 0. The first kappa shape index (κ1) is 8.75. The number of nitrogens with two attached hydrogens (primary N) is 1. The second-order valence-electron chi connectivity index (χ2n) is 4.14. The summed E-state index contributed by atoms with van der Waals surface area (Å²) in [6.45, 7) is 1.26. The monoisotopic (exact) mass is 180 g/mol. The van der Waals surface area contributed by atoms with Gasteiger partial charge in [0.15, 0.2) is 0 Å². The quantitative estimate of drug-likeness (QED) is 0.610. The highest BCUT2D eigenvalue weighted by Crippen LogP contribution is 2.42. The normalized spacial score (nSPS) is 35.5. The van der Waals surface area contributed by atoms with Crippen LogP contribution in [0.15, 0.2) is 12.2 Å². The number of hydrogen-bond acceptors (Lipinski definition) is 2. The van der Waals surface area contributed by atoms with Gasteiger partial charge >= 0.3 is 0 Å². The maximum atomic E-state index is 10.5. The first-order chi connectivity index (χ1) is 6.25. The van der Waals surface area contributed by atoms with Gasteiger partial charge in [0, 0.05) is 0 Å². The Morgan fingerprint density at radius 2 is 2.31 bits per heavy atom. The summed E-state index contributed by atoms with van der Waals surface area (Å²) >= 11 is 0. The molecule has 0 heterocycles. The Balaban J connectivity index is 1.72. The van der Waals surface area contributed by atoms with Crippen molar-refractivity contribution >= 4 is 5.91 Å². The Morgan fingerprint density at radius 1 is 1.46 bits per heavy atom. The van der Waals surface area contributed by atoms with Crippen LogP contribution < -0.4 is 11.1 Å². The molecule has 2 aliphatic carbocycles. The van der Waals surface area contributed by atoms with Crippen molar-refractivity contribution in [1.82, 2.24) is 5.32 Å².